The number of fused-ring (bicyclic) bond motifs is 1. The molecule has 158 valence electrons. The molecule has 31 heavy (non-hydrogen) atoms. The molecule has 8 nitrogen and oxygen atoms in total. The number of aromatic nitrogens is 2. The summed E-state index contributed by atoms with van der Waals surface area (Å²) in [6.45, 7) is 1.10. The summed E-state index contributed by atoms with van der Waals surface area (Å²) in [5.41, 5.74) is 1.04. The highest BCUT2D eigenvalue weighted by Gasteiger charge is 2.14. The van der Waals surface area contributed by atoms with E-state index in [1.165, 1.54) is 11.7 Å². The molecule has 0 N–H and O–H groups in total. The molecule has 0 saturated heterocycles. The van der Waals surface area contributed by atoms with Gasteiger partial charge in [-0.05, 0) is 36.8 Å². The predicted octanol–water partition coefficient (Wildman–Crippen LogP) is 3.08. The number of nitrogens with zero attached hydrogens (tertiary/aromatic N) is 3. The van der Waals surface area contributed by atoms with Gasteiger partial charge in [0.05, 0.1) is 24.1 Å². The van der Waals surface area contributed by atoms with Gasteiger partial charge in [-0.3, -0.25) is 9.36 Å². The molecule has 2 aromatic carbocycles. The van der Waals surface area contributed by atoms with E-state index < -0.39 is 5.97 Å². The highest BCUT2D eigenvalue weighted by atomic mass is 16.6. The molecule has 0 aliphatic carbocycles. The van der Waals surface area contributed by atoms with E-state index in [1.54, 1.807) is 36.4 Å². The van der Waals surface area contributed by atoms with Crippen molar-refractivity contribution in [2.45, 2.75) is 20.1 Å². The third-order valence-electron chi connectivity index (χ3n) is 4.42. The van der Waals surface area contributed by atoms with E-state index in [1.807, 2.05) is 31.2 Å². The first-order valence-corrected chi connectivity index (χ1v) is 9.52. The molecule has 0 fully saturated rings. The van der Waals surface area contributed by atoms with Crippen LogP contribution in [0.2, 0.25) is 0 Å². The molecule has 3 rings (SSSR count). The van der Waals surface area contributed by atoms with Crippen LogP contribution in [0.1, 0.15) is 18.3 Å². The second kappa shape index (κ2) is 10.1. The van der Waals surface area contributed by atoms with Gasteiger partial charge in [0, 0.05) is 0 Å². The summed E-state index contributed by atoms with van der Waals surface area (Å²) in [5.74, 6) is 0.428. The largest absolute Gasteiger partial charge is 0.493 e. The molecule has 1 heterocycles. The van der Waals surface area contributed by atoms with E-state index in [-0.39, 0.29) is 31.1 Å². The first-order chi connectivity index (χ1) is 15.1. The minimum absolute atomic E-state index is 0.187. The van der Waals surface area contributed by atoms with Crippen LogP contribution in [0.3, 0.4) is 0 Å². The quantitative estimate of drug-likeness (QED) is 0.517. The van der Waals surface area contributed by atoms with Crippen molar-refractivity contribution in [3.8, 4) is 17.6 Å². The van der Waals surface area contributed by atoms with Crippen LogP contribution in [0.15, 0.2) is 53.3 Å². The van der Waals surface area contributed by atoms with Crippen LogP contribution in [0.25, 0.3) is 17.0 Å². The third-order valence-corrected chi connectivity index (χ3v) is 4.42. The number of methoxy groups -OCH3 is 1. The fraction of sp³-hybridized carbons (Fsp3) is 0.217. The summed E-state index contributed by atoms with van der Waals surface area (Å²) in [6, 6.07) is 14.1. The Balaban J connectivity index is 1.70. The van der Waals surface area contributed by atoms with Crippen molar-refractivity contribution in [3.05, 3.63) is 70.3 Å². The molecular formula is C23H21N3O5. The number of allylic oxidation sites excluding steroid dienone is 1. The highest BCUT2D eigenvalue weighted by Crippen LogP contribution is 2.28. The van der Waals surface area contributed by atoms with Crippen LogP contribution in [-0.2, 0) is 22.7 Å². The van der Waals surface area contributed by atoms with Gasteiger partial charge in [-0.2, -0.15) is 5.26 Å². The average molecular weight is 419 g/mol. The maximum Gasteiger partial charge on any atom is 0.344 e. The molecule has 0 spiro atoms. The molecule has 0 aliphatic rings. The fourth-order valence-electron chi connectivity index (χ4n) is 2.98. The first kappa shape index (κ1) is 21.6. The smallest absolute Gasteiger partial charge is 0.344 e. The van der Waals surface area contributed by atoms with Crippen LogP contribution in [0.5, 0.6) is 11.5 Å². The van der Waals surface area contributed by atoms with Crippen LogP contribution >= 0.6 is 0 Å². The van der Waals surface area contributed by atoms with E-state index in [0.717, 1.165) is 5.56 Å². The van der Waals surface area contributed by atoms with E-state index in [9.17, 15) is 9.59 Å². The van der Waals surface area contributed by atoms with Crippen LogP contribution in [-0.4, -0.2) is 29.2 Å². The van der Waals surface area contributed by atoms with E-state index in [4.69, 9.17) is 19.5 Å². The number of hydrogen-bond donors (Lipinski definition) is 0. The zero-order chi connectivity index (χ0) is 22.2. The number of carbonyl (C=O) groups is 1. The van der Waals surface area contributed by atoms with Gasteiger partial charge in [0.2, 0.25) is 0 Å². The average Bonchev–Trinajstić information content (AvgIpc) is 2.79. The maximum atomic E-state index is 12.6. The number of esters is 1. The Morgan fingerprint density at radius 3 is 2.77 bits per heavy atom. The number of hydrogen-bond acceptors (Lipinski definition) is 7. The van der Waals surface area contributed by atoms with Crippen LogP contribution in [0, 0.1) is 11.3 Å². The van der Waals surface area contributed by atoms with Crippen molar-refractivity contribution < 1.29 is 19.0 Å². The Bertz CT molecular complexity index is 1220. The highest BCUT2D eigenvalue weighted by molar-refractivity contribution is 5.77. The van der Waals surface area contributed by atoms with Gasteiger partial charge in [-0.1, -0.05) is 30.4 Å². The molecular weight excluding hydrogens is 398 g/mol. The van der Waals surface area contributed by atoms with Crippen molar-refractivity contribution in [2.24, 2.45) is 0 Å². The van der Waals surface area contributed by atoms with Crippen molar-refractivity contribution in [3.63, 3.8) is 0 Å². The van der Waals surface area contributed by atoms with Gasteiger partial charge < -0.3 is 14.2 Å². The van der Waals surface area contributed by atoms with E-state index >= 15 is 0 Å². The standard InChI is InChI=1S/C23H21N3O5/c1-3-6-16-9-10-19(20(13-16)29-2)30-15-22(27)31-14-21-25-18-8-5-4-7-17(18)23(28)26(21)12-11-24/h3-10,13H,12,14-15H2,1-2H3/b6-3+. The molecule has 0 aliphatic heterocycles. The lowest BCUT2D eigenvalue weighted by molar-refractivity contribution is -0.147. The maximum absolute atomic E-state index is 12.6. The lowest BCUT2D eigenvalue weighted by Crippen LogP contribution is -2.26. The summed E-state index contributed by atoms with van der Waals surface area (Å²) in [4.78, 5) is 29.2. The van der Waals surface area contributed by atoms with Gasteiger partial charge in [-0.15, -0.1) is 0 Å². The molecule has 3 aromatic rings. The Labute approximate surface area is 178 Å². The van der Waals surface area contributed by atoms with Crippen molar-refractivity contribution in [2.75, 3.05) is 13.7 Å². The summed E-state index contributed by atoms with van der Waals surface area (Å²) in [5, 5.41) is 9.44. The number of rotatable bonds is 8. The number of ether oxygens (including phenoxy) is 3. The van der Waals surface area contributed by atoms with Crippen molar-refractivity contribution in [1.82, 2.24) is 9.55 Å². The molecule has 0 atom stereocenters. The summed E-state index contributed by atoms with van der Waals surface area (Å²) in [6.07, 6.45) is 3.82. The molecule has 0 radical (unpaired) electrons. The third kappa shape index (κ3) is 5.08. The van der Waals surface area contributed by atoms with Crippen molar-refractivity contribution in [1.29, 1.82) is 5.26 Å². The van der Waals surface area contributed by atoms with Crippen LogP contribution < -0.4 is 15.0 Å². The molecule has 0 amide bonds. The molecule has 0 bridgehead atoms. The second-order valence-corrected chi connectivity index (χ2v) is 6.45. The summed E-state index contributed by atoms with van der Waals surface area (Å²) >= 11 is 0. The zero-order valence-electron chi connectivity index (χ0n) is 17.2. The van der Waals surface area contributed by atoms with Gasteiger partial charge in [0.1, 0.15) is 13.2 Å². The summed E-state index contributed by atoms with van der Waals surface area (Å²) < 4.78 is 17.2. The Kier molecular flexibility index (Phi) is 7.01. The van der Waals surface area contributed by atoms with Gasteiger partial charge in [-0.25, -0.2) is 9.78 Å². The molecule has 8 heteroatoms. The summed E-state index contributed by atoms with van der Waals surface area (Å²) in [7, 11) is 1.51. The minimum Gasteiger partial charge on any atom is -0.493 e. The van der Waals surface area contributed by atoms with Crippen LogP contribution in [0.4, 0.5) is 0 Å². The lowest BCUT2D eigenvalue weighted by atomic mass is 10.2. The zero-order valence-corrected chi connectivity index (χ0v) is 17.2. The Morgan fingerprint density at radius 2 is 2.03 bits per heavy atom. The predicted molar refractivity (Wildman–Crippen MR) is 115 cm³/mol. The fourth-order valence-corrected chi connectivity index (χ4v) is 2.98. The van der Waals surface area contributed by atoms with Gasteiger partial charge >= 0.3 is 5.97 Å². The Morgan fingerprint density at radius 1 is 1.23 bits per heavy atom. The monoisotopic (exact) mass is 419 g/mol. The van der Waals surface area contributed by atoms with Gasteiger partial charge in [0.15, 0.2) is 23.9 Å². The van der Waals surface area contributed by atoms with Gasteiger partial charge in [0.25, 0.3) is 5.56 Å². The molecule has 0 saturated carbocycles. The Hall–Kier alpha value is -4.12. The van der Waals surface area contributed by atoms with Crippen molar-refractivity contribution >= 4 is 22.9 Å². The topological polar surface area (TPSA) is 103 Å². The minimum atomic E-state index is -0.648. The molecule has 1 aromatic heterocycles. The number of carbonyl (C=O) groups excluding carboxylic acids is 1. The number of nitriles is 1. The molecule has 0 unspecified atom stereocenters. The number of benzene rings is 2. The second-order valence-electron chi connectivity index (χ2n) is 6.45. The SMILES string of the molecule is C/C=C/c1ccc(OCC(=O)OCc2nc3ccccc3c(=O)n2CC#N)c(OC)c1. The lowest BCUT2D eigenvalue weighted by Gasteiger charge is -2.13. The van der Waals surface area contributed by atoms with E-state index in [2.05, 4.69) is 4.98 Å². The van der Waals surface area contributed by atoms with E-state index in [0.29, 0.717) is 22.4 Å². The number of para-hydroxylation sites is 1. The first-order valence-electron chi connectivity index (χ1n) is 9.52. The normalized spacial score (nSPS) is 10.7.